The van der Waals surface area contributed by atoms with Crippen LogP contribution in [0.5, 0.6) is 0 Å². The molecule has 0 aromatic carbocycles. The minimum Gasteiger partial charge on any atom is -0.481 e. The van der Waals surface area contributed by atoms with Gasteiger partial charge in [-0.05, 0) is 26.8 Å². The van der Waals surface area contributed by atoms with Gasteiger partial charge in [-0.2, -0.15) is 0 Å². The second kappa shape index (κ2) is 4.94. The van der Waals surface area contributed by atoms with E-state index in [1.165, 1.54) is 0 Å². The molecule has 1 aliphatic heterocycles. The zero-order valence-corrected chi connectivity index (χ0v) is 9.92. The van der Waals surface area contributed by atoms with Crippen molar-refractivity contribution in [2.24, 2.45) is 0 Å². The molecule has 1 aliphatic rings. The Morgan fingerprint density at radius 2 is 2.27 bits per heavy atom. The van der Waals surface area contributed by atoms with E-state index >= 15 is 0 Å². The molecule has 0 bridgehead atoms. The van der Waals surface area contributed by atoms with Crippen molar-refractivity contribution in [3.05, 3.63) is 0 Å². The molecule has 1 fully saturated rings. The average Bonchev–Trinajstić information content (AvgIpc) is 2.10. The zero-order valence-electron chi connectivity index (χ0n) is 9.92. The number of aliphatic carboxylic acids is 1. The molecule has 4 nitrogen and oxygen atoms in total. The second-order valence-electron chi connectivity index (χ2n) is 4.89. The molecular weight excluding hydrogens is 192 g/mol. The monoisotopic (exact) mass is 214 g/mol. The molecule has 0 amide bonds. The number of carboxylic acids is 1. The second-order valence-corrected chi connectivity index (χ2v) is 4.89. The number of carboxylic acid groups (broad SMARTS) is 1. The van der Waals surface area contributed by atoms with Crippen molar-refractivity contribution in [3.8, 4) is 0 Å². The number of carbonyl (C=O) groups is 1. The summed E-state index contributed by atoms with van der Waals surface area (Å²) in [5, 5.41) is 12.2. The van der Waals surface area contributed by atoms with Crippen molar-refractivity contribution in [1.82, 2.24) is 10.2 Å². The summed E-state index contributed by atoms with van der Waals surface area (Å²) in [7, 11) is 0. The van der Waals surface area contributed by atoms with Gasteiger partial charge in [-0.3, -0.25) is 9.69 Å². The highest BCUT2D eigenvalue weighted by atomic mass is 16.4. The van der Waals surface area contributed by atoms with Crippen LogP contribution in [0.4, 0.5) is 0 Å². The van der Waals surface area contributed by atoms with Crippen LogP contribution >= 0.6 is 0 Å². The van der Waals surface area contributed by atoms with Crippen LogP contribution in [0.15, 0.2) is 0 Å². The van der Waals surface area contributed by atoms with Crippen LogP contribution in [0.3, 0.4) is 0 Å². The highest BCUT2D eigenvalue weighted by Crippen LogP contribution is 2.22. The van der Waals surface area contributed by atoms with Gasteiger partial charge < -0.3 is 10.4 Å². The zero-order chi connectivity index (χ0) is 11.5. The fraction of sp³-hybridized carbons (Fsp3) is 0.909. The number of nitrogens with one attached hydrogen (secondary N) is 1. The quantitative estimate of drug-likeness (QED) is 0.731. The molecule has 2 N–H and O–H groups in total. The summed E-state index contributed by atoms with van der Waals surface area (Å²) in [5.74, 6) is -0.708. The van der Waals surface area contributed by atoms with E-state index in [1.54, 1.807) is 0 Å². The average molecular weight is 214 g/mol. The normalized spacial score (nSPS) is 26.5. The van der Waals surface area contributed by atoms with Gasteiger partial charge in [0.25, 0.3) is 0 Å². The summed E-state index contributed by atoms with van der Waals surface area (Å²) in [4.78, 5) is 13.1. The molecule has 0 aromatic heterocycles. The number of rotatable bonds is 4. The smallest absolute Gasteiger partial charge is 0.304 e. The lowest BCUT2D eigenvalue weighted by atomic mass is 9.94. The first kappa shape index (κ1) is 12.5. The fourth-order valence-electron chi connectivity index (χ4n) is 2.36. The topological polar surface area (TPSA) is 52.6 Å². The summed E-state index contributed by atoms with van der Waals surface area (Å²) in [5.41, 5.74) is 0.0639. The van der Waals surface area contributed by atoms with Crippen LogP contribution in [0.2, 0.25) is 0 Å². The van der Waals surface area contributed by atoms with Crippen LogP contribution < -0.4 is 5.32 Å². The minimum absolute atomic E-state index is 0.0639. The third kappa shape index (κ3) is 3.18. The molecule has 1 saturated heterocycles. The lowest BCUT2D eigenvalue weighted by Crippen LogP contribution is -2.63. The molecule has 1 atom stereocenters. The van der Waals surface area contributed by atoms with Gasteiger partial charge in [0.1, 0.15) is 0 Å². The Bertz CT molecular complexity index is 229. The molecule has 0 aromatic rings. The molecule has 0 spiro atoms. The third-order valence-electron chi connectivity index (χ3n) is 3.03. The van der Waals surface area contributed by atoms with Crippen LogP contribution in [-0.4, -0.2) is 47.2 Å². The lowest BCUT2D eigenvalue weighted by molar-refractivity contribution is -0.139. The van der Waals surface area contributed by atoms with Gasteiger partial charge in [-0.15, -0.1) is 0 Å². The molecule has 15 heavy (non-hydrogen) atoms. The largest absolute Gasteiger partial charge is 0.481 e. The summed E-state index contributed by atoms with van der Waals surface area (Å²) in [6.45, 7) is 9.18. The van der Waals surface area contributed by atoms with Crippen molar-refractivity contribution in [2.45, 2.75) is 45.2 Å². The molecule has 4 heteroatoms. The van der Waals surface area contributed by atoms with E-state index in [-0.39, 0.29) is 18.0 Å². The summed E-state index contributed by atoms with van der Waals surface area (Å²) < 4.78 is 0. The highest BCUT2D eigenvalue weighted by molar-refractivity contribution is 5.67. The third-order valence-corrected chi connectivity index (χ3v) is 3.03. The fourth-order valence-corrected chi connectivity index (χ4v) is 2.36. The molecule has 0 radical (unpaired) electrons. The van der Waals surface area contributed by atoms with Gasteiger partial charge in [0.05, 0.1) is 6.42 Å². The Labute approximate surface area is 91.6 Å². The van der Waals surface area contributed by atoms with Crippen LogP contribution in [-0.2, 0) is 4.79 Å². The van der Waals surface area contributed by atoms with Gasteiger partial charge >= 0.3 is 5.97 Å². The van der Waals surface area contributed by atoms with Crippen LogP contribution in [0, 0.1) is 0 Å². The van der Waals surface area contributed by atoms with E-state index in [0.717, 1.165) is 26.1 Å². The van der Waals surface area contributed by atoms with E-state index < -0.39 is 5.97 Å². The lowest BCUT2D eigenvalue weighted by Gasteiger charge is -2.47. The van der Waals surface area contributed by atoms with Crippen molar-refractivity contribution < 1.29 is 9.90 Å². The van der Waals surface area contributed by atoms with Gasteiger partial charge in [-0.25, -0.2) is 0 Å². The van der Waals surface area contributed by atoms with Crippen LogP contribution in [0.25, 0.3) is 0 Å². The maximum Gasteiger partial charge on any atom is 0.304 e. The minimum atomic E-state index is -0.708. The molecule has 0 saturated carbocycles. The van der Waals surface area contributed by atoms with E-state index in [2.05, 4.69) is 31.0 Å². The summed E-state index contributed by atoms with van der Waals surface area (Å²) >= 11 is 0. The predicted octanol–water partition coefficient (Wildman–Crippen LogP) is 0.923. The first-order chi connectivity index (χ1) is 6.97. The Balaban J connectivity index is 2.70. The van der Waals surface area contributed by atoms with Gasteiger partial charge in [0.2, 0.25) is 0 Å². The Hall–Kier alpha value is -0.610. The Morgan fingerprint density at radius 3 is 2.80 bits per heavy atom. The van der Waals surface area contributed by atoms with Crippen molar-refractivity contribution in [1.29, 1.82) is 0 Å². The van der Waals surface area contributed by atoms with E-state index in [0.29, 0.717) is 0 Å². The van der Waals surface area contributed by atoms with E-state index in [9.17, 15) is 4.79 Å². The Morgan fingerprint density at radius 1 is 1.60 bits per heavy atom. The van der Waals surface area contributed by atoms with Gasteiger partial charge in [0, 0.05) is 24.7 Å². The van der Waals surface area contributed by atoms with Crippen LogP contribution in [0.1, 0.15) is 33.6 Å². The number of hydrogen-bond donors (Lipinski definition) is 2. The van der Waals surface area contributed by atoms with Gasteiger partial charge in [-0.1, -0.05) is 6.92 Å². The predicted molar refractivity (Wildman–Crippen MR) is 60.0 cm³/mol. The molecular formula is C11H22N2O2. The molecule has 1 heterocycles. The first-order valence-corrected chi connectivity index (χ1v) is 5.66. The van der Waals surface area contributed by atoms with Crippen molar-refractivity contribution in [3.63, 3.8) is 0 Å². The first-order valence-electron chi connectivity index (χ1n) is 5.66. The molecule has 1 unspecified atom stereocenters. The maximum atomic E-state index is 10.8. The maximum absolute atomic E-state index is 10.8. The summed E-state index contributed by atoms with van der Waals surface area (Å²) in [6.07, 6.45) is 1.30. The summed E-state index contributed by atoms with van der Waals surface area (Å²) in [6, 6.07) is 0.131. The SMILES string of the molecule is CCCN1C(CC(=O)O)CNCC1(C)C. The molecule has 1 rings (SSSR count). The number of hydrogen-bond acceptors (Lipinski definition) is 3. The van der Waals surface area contributed by atoms with Gasteiger partial charge in [0.15, 0.2) is 0 Å². The number of piperazine rings is 1. The highest BCUT2D eigenvalue weighted by Gasteiger charge is 2.36. The van der Waals surface area contributed by atoms with Crippen molar-refractivity contribution >= 4 is 5.97 Å². The van der Waals surface area contributed by atoms with E-state index in [1.807, 2.05) is 0 Å². The molecule has 88 valence electrons. The van der Waals surface area contributed by atoms with E-state index in [4.69, 9.17) is 5.11 Å². The van der Waals surface area contributed by atoms with Crippen molar-refractivity contribution in [2.75, 3.05) is 19.6 Å². The molecule has 0 aliphatic carbocycles. The number of nitrogens with zero attached hydrogens (tertiary/aromatic N) is 1. The standard InChI is InChI=1S/C11H22N2O2/c1-4-5-13-9(6-10(14)15)7-12-8-11(13,2)3/h9,12H,4-8H2,1-3H3,(H,14,15). The Kier molecular flexibility index (Phi) is 4.11.